The summed E-state index contributed by atoms with van der Waals surface area (Å²) in [6.07, 6.45) is 4.50. The van der Waals surface area contributed by atoms with E-state index in [1.807, 2.05) is 13.8 Å². The average molecular weight is 378 g/mol. The number of rotatable bonds is 3. The van der Waals surface area contributed by atoms with Gasteiger partial charge < -0.3 is 19.5 Å². The summed E-state index contributed by atoms with van der Waals surface area (Å²) in [5, 5.41) is 16.1. The fourth-order valence-electron chi connectivity index (χ4n) is 5.40. The molecule has 1 aliphatic carbocycles. The third-order valence-corrected chi connectivity index (χ3v) is 7.09. The third-order valence-electron chi connectivity index (χ3n) is 7.09. The average Bonchev–Trinajstić information content (AvgIpc) is 3.37. The molecule has 7 rings (SSSR count). The number of piperidine rings is 3. The van der Waals surface area contributed by atoms with Crippen molar-refractivity contribution in [3.63, 3.8) is 0 Å². The van der Waals surface area contributed by atoms with Crippen LogP contribution in [0.4, 0.5) is 0 Å². The van der Waals surface area contributed by atoms with Crippen LogP contribution in [0.5, 0.6) is 0 Å². The Morgan fingerprint density at radius 3 is 2.57 bits per heavy atom. The first-order valence-electron chi connectivity index (χ1n) is 10.4. The number of aromatic nitrogens is 3. The quantitative estimate of drug-likeness (QED) is 0.728. The first kappa shape index (κ1) is 16.7. The first-order chi connectivity index (χ1) is 13.5. The summed E-state index contributed by atoms with van der Waals surface area (Å²) in [7, 11) is 0. The lowest BCUT2D eigenvalue weighted by Crippen LogP contribution is -2.57. The number of aliphatic hydroxyl groups is 1. The standard InChI is InChI=1S/C22H26N4O2/c1-12-19(13(2)28-25-12)15-9-17(22(27)11-26-7-5-16(22)6-8-26)20-18(10-15)23-21(24-20)14-3-4-14/h9-10,14,16,27H,3-8,11H2,1-2H3,(H,23,24). The Hall–Kier alpha value is -2.18. The Bertz CT molecular complexity index is 1050. The van der Waals surface area contributed by atoms with Crippen LogP contribution in [-0.2, 0) is 5.60 Å². The van der Waals surface area contributed by atoms with Crippen LogP contribution in [0.3, 0.4) is 0 Å². The number of imidazole rings is 1. The van der Waals surface area contributed by atoms with Gasteiger partial charge in [-0.25, -0.2) is 4.98 Å². The zero-order valence-electron chi connectivity index (χ0n) is 16.5. The van der Waals surface area contributed by atoms with E-state index in [1.54, 1.807) is 0 Å². The highest BCUT2D eigenvalue weighted by Gasteiger charge is 2.48. The van der Waals surface area contributed by atoms with Crippen LogP contribution in [0.25, 0.3) is 22.2 Å². The molecule has 2 N–H and O–H groups in total. The second-order valence-electron chi connectivity index (χ2n) is 8.99. The molecule has 6 nitrogen and oxygen atoms in total. The van der Waals surface area contributed by atoms with Gasteiger partial charge in [-0.2, -0.15) is 0 Å². The first-order valence-corrected chi connectivity index (χ1v) is 10.4. The molecule has 1 atom stereocenters. The fraction of sp³-hybridized carbons (Fsp3) is 0.545. The Morgan fingerprint density at radius 2 is 1.96 bits per heavy atom. The van der Waals surface area contributed by atoms with E-state index in [4.69, 9.17) is 9.51 Å². The van der Waals surface area contributed by atoms with Crippen LogP contribution < -0.4 is 0 Å². The molecule has 3 aromatic rings. The second kappa shape index (κ2) is 5.67. The summed E-state index contributed by atoms with van der Waals surface area (Å²) in [4.78, 5) is 10.9. The second-order valence-corrected chi connectivity index (χ2v) is 8.99. The molecule has 0 radical (unpaired) electrons. The van der Waals surface area contributed by atoms with Crippen molar-refractivity contribution in [2.75, 3.05) is 19.6 Å². The number of H-pyrrole nitrogens is 1. The van der Waals surface area contributed by atoms with E-state index in [0.29, 0.717) is 18.4 Å². The molecule has 2 bridgehead atoms. The zero-order valence-corrected chi connectivity index (χ0v) is 16.5. The number of benzene rings is 1. The van der Waals surface area contributed by atoms with Crippen LogP contribution in [0.1, 0.15) is 54.4 Å². The number of nitrogens with zero attached hydrogens (tertiary/aromatic N) is 3. The van der Waals surface area contributed by atoms with E-state index >= 15 is 0 Å². The Balaban J connectivity index is 1.59. The van der Waals surface area contributed by atoms with E-state index in [-0.39, 0.29) is 0 Å². The fourth-order valence-corrected chi connectivity index (χ4v) is 5.40. The number of hydrogen-bond acceptors (Lipinski definition) is 5. The molecule has 3 aliphatic heterocycles. The minimum Gasteiger partial charge on any atom is -0.383 e. The number of nitrogens with one attached hydrogen (secondary N) is 1. The van der Waals surface area contributed by atoms with Crippen LogP contribution in [-0.4, -0.2) is 44.8 Å². The van der Waals surface area contributed by atoms with Gasteiger partial charge in [0.25, 0.3) is 0 Å². The maximum Gasteiger partial charge on any atom is 0.141 e. The lowest BCUT2D eigenvalue weighted by molar-refractivity contribution is -0.116. The molecule has 146 valence electrons. The van der Waals surface area contributed by atoms with Crippen molar-refractivity contribution in [2.45, 2.75) is 51.0 Å². The lowest BCUT2D eigenvalue weighted by Gasteiger charge is -2.50. The maximum absolute atomic E-state index is 11.9. The molecule has 4 aliphatic rings. The highest BCUT2D eigenvalue weighted by molar-refractivity contribution is 5.87. The van der Waals surface area contributed by atoms with Gasteiger partial charge in [0, 0.05) is 23.6 Å². The summed E-state index contributed by atoms with van der Waals surface area (Å²) in [5.74, 6) is 2.72. The van der Waals surface area contributed by atoms with Crippen molar-refractivity contribution in [1.29, 1.82) is 0 Å². The largest absolute Gasteiger partial charge is 0.383 e. The predicted molar refractivity (Wildman–Crippen MR) is 106 cm³/mol. The predicted octanol–water partition coefficient (Wildman–Crippen LogP) is 3.63. The molecule has 2 aromatic heterocycles. The molecule has 0 spiro atoms. The van der Waals surface area contributed by atoms with Crippen LogP contribution >= 0.6 is 0 Å². The Kier molecular flexibility index (Phi) is 3.39. The van der Waals surface area contributed by atoms with Gasteiger partial charge in [-0.15, -0.1) is 0 Å². The molecule has 1 aromatic carbocycles. The molecule has 1 saturated carbocycles. The number of aromatic amines is 1. The van der Waals surface area contributed by atoms with Crippen molar-refractivity contribution in [3.8, 4) is 11.1 Å². The number of fused-ring (bicyclic) bond motifs is 4. The molecule has 6 heteroatoms. The molecular formula is C22H26N4O2. The maximum atomic E-state index is 11.9. The van der Waals surface area contributed by atoms with E-state index in [9.17, 15) is 5.11 Å². The van der Waals surface area contributed by atoms with E-state index in [2.05, 4.69) is 27.2 Å². The smallest absolute Gasteiger partial charge is 0.141 e. The van der Waals surface area contributed by atoms with Crippen LogP contribution in [0, 0.1) is 19.8 Å². The molecule has 28 heavy (non-hydrogen) atoms. The van der Waals surface area contributed by atoms with Crippen molar-refractivity contribution in [2.24, 2.45) is 5.92 Å². The summed E-state index contributed by atoms with van der Waals surface area (Å²) < 4.78 is 5.43. The Labute approximate surface area is 163 Å². The normalized spacial score (nSPS) is 29.7. The third kappa shape index (κ3) is 2.34. The molecule has 0 amide bonds. The summed E-state index contributed by atoms with van der Waals surface area (Å²) in [6, 6.07) is 4.29. The molecule has 4 fully saturated rings. The van der Waals surface area contributed by atoms with Gasteiger partial charge in [-0.05, 0) is 76.2 Å². The zero-order chi connectivity index (χ0) is 19.0. The number of hydrogen-bond donors (Lipinski definition) is 2. The van der Waals surface area contributed by atoms with E-state index in [1.165, 1.54) is 12.8 Å². The molecular weight excluding hydrogens is 352 g/mol. The minimum absolute atomic E-state index is 0.293. The van der Waals surface area contributed by atoms with E-state index in [0.717, 1.165) is 70.9 Å². The molecule has 5 heterocycles. The van der Waals surface area contributed by atoms with Crippen LogP contribution in [0.2, 0.25) is 0 Å². The summed E-state index contributed by atoms with van der Waals surface area (Å²) in [6.45, 7) is 6.80. The van der Waals surface area contributed by atoms with Gasteiger partial charge in [-0.1, -0.05) is 5.16 Å². The number of aryl methyl sites for hydroxylation is 2. The van der Waals surface area contributed by atoms with Crippen molar-refractivity contribution in [1.82, 2.24) is 20.0 Å². The topological polar surface area (TPSA) is 78.2 Å². The van der Waals surface area contributed by atoms with Crippen molar-refractivity contribution in [3.05, 3.63) is 35.0 Å². The minimum atomic E-state index is -0.847. The summed E-state index contributed by atoms with van der Waals surface area (Å²) >= 11 is 0. The molecule has 3 saturated heterocycles. The van der Waals surface area contributed by atoms with Gasteiger partial charge >= 0.3 is 0 Å². The van der Waals surface area contributed by atoms with Gasteiger partial charge in [-0.3, -0.25) is 0 Å². The van der Waals surface area contributed by atoms with Gasteiger partial charge in [0.15, 0.2) is 0 Å². The van der Waals surface area contributed by atoms with Crippen molar-refractivity contribution < 1.29 is 9.63 Å². The Morgan fingerprint density at radius 1 is 1.18 bits per heavy atom. The molecule has 1 unspecified atom stereocenters. The highest BCUT2D eigenvalue weighted by Crippen LogP contribution is 2.47. The summed E-state index contributed by atoms with van der Waals surface area (Å²) in [5.41, 5.74) is 5.03. The SMILES string of the molecule is Cc1noc(C)c1-c1cc(C2(O)CN3CCC2CC3)c2nc(C3CC3)[nH]c2c1. The highest BCUT2D eigenvalue weighted by atomic mass is 16.5. The van der Waals surface area contributed by atoms with Crippen LogP contribution in [0.15, 0.2) is 16.7 Å². The van der Waals surface area contributed by atoms with Gasteiger partial charge in [0.1, 0.15) is 17.2 Å². The van der Waals surface area contributed by atoms with Gasteiger partial charge in [0.2, 0.25) is 0 Å². The van der Waals surface area contributed by atoms with Gasteiger partial charge in [0.05, 0.1) is 16.7 Å². The lowest BCUT2D eigenvalue weighted by atomic mass is 9.71. The van der Waals surface area contributed by atoms with E-state index < -0.39 is 5.60 Å². The van der Waals surface area contributed by atoms with Crippen molar-refractivity contribution >= 4 is 11.0 Å². The monoisotopic (exact) mass is 378 g/mol.